The minimum atomic E-state index is 0.168. The van der Waals surface area contributed by atoms with Gasteiger partial charge in [-0.05, 0) is 76.5 Å². The third kappa shape index (κ3) is 35.5. The molecule has 0 aromatic heterocycles. The number of carbonyl (C=O) groups is 2. The van der Waals surface area contributed by atoms with Crippen molar-refractivity contribution in [2.45, 2.75) is 220 Å². The second kappa shape index (κ2) is 38.0. The fraction of sp³-hybridized carbons (Fsp3) is 0.818. The van der Waals surface area contributed by atoms with Gasteiger partial charge in [0.1, 0.15) is 0 Å². The number of allylic oxidation sites excluding steroid dienone is 6. The average Bonchev–Trinajstić information content (AvgIpc) is 3.07. The van der Waals surface area contributed by atoms with Gasteiger partial charge in [0.15, 0.2) is 0 Å². The highest BCUT2D eigenvalue weighted by atomic mass is 16.2. The lowest BCUT2D eigenvalue weighted by Gasteiger charge is -2.22. The van der Waals surface area contributed by atoms with Gasteiger partial charge in [-0.2, -0.15) is 0 Å². The zero-order chi connectivity index (χ0) is 35.2. The molecule has 48 heavy (non-hydrogen) atoms. The summed E-state index contributed by atoms with van der Waals surface area (Å²) in [6.07, 6.45) is 48.1. The molecule has 2 amide bonds. The first kappa shape index (κ1) is 46.2. The van der Waals surface area contributed by atoms with E-state index < -0.39 is 0 Å². The highest BCUT2D eigenvalue weighted by Crippen LogP contribution is 2.15. The molecule has 280 valence electrons. The Bertz CT molecular complexity index is 785. The van der Waals surface area contributed by atoms with E-state index in [-0.39, 0.29) is 17.9 Å². The molecule has 0 aliphatic carbocycles. The lowest BCUT2D eigenvalue weighted by molar-refractivity contribution is -0.122. The second-order valence-electron chi connectivity index (χ2n) is 14.6. The normalized spacial score (nSPS) is 12.6. The van der Waals surface area contributed by atoms with Gasteiger partial charge in [-0.25, -0.2) is 0 Å². The van der Waals surface area contributed by atoms with Gasteiger partial charge in [-0.1, -0.05) is 167 Å². The first-order valence-corrected chi connectivity index (χ1v) is 21.0. The molecule has 0 aliphatic heterocycles. The minimum Gasteiger partial charge on any atom is -0.356 e. The van der Waals surface area contributed by atoms with E-state index in [1.807, 2.05) is 0 Å². The molecule has 0 aliphatic rings. The number of unbranched alkanes of at least 4 members (excludes halogenated alkanes) is 20. The smallest absolute Gasteiger partial charge is 0.220 e. The van der Waals surface area contributed by atoms with Crippen LogP contribution < -0.4 is 10.6 Å². The van der Waals surface area contributed by atoms with Gasteiger partial charge in [0, 0.05) is 25.4 Å². The van der Waals surface area contributed by atoms with Crippen LogP contribution in [0.25, 0.3) is 0 Å². The summed E-state index contributed by atoms with van der Waals surface area (Å²) in [6.45, 7) is 9.65. The molecular weight excluding hydrogens is 588 g/mol. The molecule has 0 saturated carbocycles. The van der Waals surface area contributed by atoms with E-state index in [1.54, 1.807) is 0 Å². The van der Waals surface area contributed by atoms with E-state index in [9.17, 15) is 9.59 Å². The van der Waals surface area contributed by atoms with Crippen molar-refractivity contribution in [2.24, 2.45) is 5.92 Å². The molecule has 2 N–H and O–H groups in total. The topological polar surface area (TPSA) is 58.2 Å². The summed E-state index contributed by atoms with van der Waals surface area (Å²) in [6, 6.07) is 0.227. The lowest BCUT2D eigenvalue weighted by atomic mass is 9.98. The highest BCUT2D eigenvalue weighted by molar-refractivity contribution is 5.76. The van der Waals surface area contributed by atoms with Crippen molar-refractivity contribution in [3.8, 4) is 0 Å². The van der Waals surface area contributed by atoms with E-state index in [0.29, 0.717) is 18.8 Å². The van der Waals surface area contributed by atoms with Crippen LogP contribution >= 0.6 is 0 Å². The quantitative estimate of drug-likeness (QED) is 0.0515. The molecule has 0 aromatic carbocycles. The summed E-state index contributed by atoms with van der Waals surface area (Å²) >= 11 is 0. The van der Waals surface area contributed by atoms with E-state index >= 15 is 0 Å². The Kier molecular flexibility index (Phi) is 36.5. The van der Waals surface area contributed by atoms with Crippen LogP contribution in [0.15, 0.2) is 36.5 Å². The van der Waals surface area contributed by atoms with Gasteiger partial charge in [-0.3, -0.25) is 9.59 Å². The van der Waals surface area contributed by atoms with Gasteiger partial charge in [-0.15, -0.1) is 0 Å². The Labute approximate surface area is 300 Å². The maximum Gasteiger partial charge on any atom is 0.220 e. The first-order valence-electron chi connectivity index (χ1n) is 21.0. The fourth-order valence-electron chi connectivity index (χ4n) is 6.15. The highest BCUT2D eigenvalue weighted by Gasteiger charge is 2.15. The Morgan fingerprint density at radius 1 is 0.479 bits per heavy atom. The van der Waals surface area contributed by atoms with Crippen molar-refractivity contribution in [1.82, 2.24) is 10.6 Å². The fourth-order valence-corrected chi connectivity index (χ4v) is 6.15. The molecule has 0 unspecified atom stereocenters. The van der Waals surface area contributed by atoms with Crippen LogP contribution in [0.1, 0.15) is 214 Å². The molecule has 0 spiro atoms. The van der Waals surface area contributed by atoms with Gasteiger partial charge >= 0.3 is 0 Å². The molecular formula is C44H82N2O2. The van der Waals surface area contributed by atoms with Crippen LogP contribution in [-0.4, -0.2) is 24.4 Å². The van der Waals surface area contributed by atoms with Crippen LogP contribution in [0.4, 0.5) is 0 Å². The van der Waals surface area contributed by atoms with E-state index in [1.165, 1.54) is 116 Å². The summed E-state index contributed by atoms with van der Waals surface area (Å²) in [5, 5.41) is 6.39. The van der Waals surface area contributed by atoms with E-state index in [0.717, 1.165) is 64.3 Å². The van der Waals surface area contributed by atoms with Crippen LogP contribution in [0.5, 0.6) is 0 Å². The van der Waals surface area contributed by atoms with Gasteiger partial charge < -0.3 is 10.6 Å². The Hall–Kier alpha value is -1.84. The maximum atomic E-state index is 12.6. The Morgan fingerprint density at radius 2 is 0.896 bits per heavy atom. The van der Waals surface area contributed by atoms with Crippen molar-refractivity contribution >= 4 is 11.8 Å². The number of amides is 2. The molecule has 0 heterocycles. The van der Waals surface area contributed by atoms with Crippen molar-refractivity contribution < 1.29 is 9.59 Å². The zero-order valence-corrected chi connectivity index (χ0v) is 32.6. The third-order valence-electron chi connectivity index (χ3n) is 9.47. The number of rotatable bonds is 36. The van der Waals surface area contributed by atoms with Crippen molar-refractivity contribution in [3.63, 3.8) is 0 Å². The van der Waals surface area contributed by atoms with Gasteiger partial charge in [0.25, 0.3) is 0 Å². The molecule has 0 saturated heterocycles. The van der Waals surface area contributed by atoms with Crippen molar-refractivity contribution in [2.75, 3.05) is 6.54 Å². The molecule has 4 heteroatoms. The van der Waals surface area contributed by atoms with Crippen molar-refractivity contribution in [1.29, 1.82) is 0 Å². The number of hydrogen-bond acceptors (Lipinski definition) is 2. The first-order chi connectivity index (χ1) is 23.5. The lowest BCUT2D eigenvalue weighted by Crippen LogP contribution is -2.38. The number of hydrogen-bond donors (Lipinski definition) is 2. The third-order valence-corrected chi connectivity index (χ3v) is 9.47. The number of carbonyl (C=O) groups excluding carboxylic acids is 2. The van der Waals surface area contributed by atoms with Crippen LogP contribution in [0.3, 0.4) is 0 Å². The van der Waals surface area contributed by atoms with Gasteiger partial charge in [0.2, 0.25) is 11.8 Å². The predicted molar refractivity (Wildman–Crippen MR) is 212 cm³/mol. The van der Waals surface area contributed by atoms with Crippen LogP contribution in [-0.2, 0) is 9.59 Å². The standard InChI is InChI=1S/C44H82N2O2/c1-5-7-9-11-13-15-17-19-21-23-25-27-29-31-33-38-43(47)45-40-36-35-37-42(41(3)4)46-44(48)39-34-32-30-28-26-24-22-20-18-16-14-12-10-8-6-2/h13,15,19,21,25,27,41-42H,5-12,14,16-18,20,22-24,26,28-40H2,1-4H3,(H,45,47)(H,46,48)/b15-13-,21-19-,27-25-/t42-/m0/s1. The monoisotopic (exact) mass is 671 g/mol. The molecule has 0 fully saturated rings. The molecule has 0 bridgehead atoms. The summed E-state index contributed by atoms with van der Waals surface area (Å²) in [5.41, 5.74) is 0. The van der Waals surface area contributed by atoms with E-state index in [2.05, 4.69) is 74.8 Å². The zero-order valence-electron chi connectivity index (χ0n) is 32.6. The summed E-state index contributed by atoms with van der Waals surface area (Å²) in [4.78, 5) is 24.8. The Morgan fingerprint density at radius 3 is 1.42 bits per heavy atom. The molecule has 0 rings (SSSR count). The predicted octanol–water partition coefficient (Wildman–Crippen LogP) is 13.3. The van der Waals surface area contributed by atoms with Crippen LogP contribution in [0.2, 0.25) is 0 Å². The second-order valence-corrected chi connectivity index (χ2v) is 14.6. The molecule has 0 radical (unpaired) electrons. The molecule has 4 nitrogen and oxygen atoms in total. The summed E-state index contributed by atoms with van der Waals surface area (Å²) in [7, 11) is 0. The van der Waals surface area contributed by atoms with E-state index in [4.69, 9.17) is 0 Å². The SMILES string of the molecule is CCCCC/C=C\C/C=C\C/C=C\CCCCC(=O)NCCCC[C@H](NC(=O)CCCCCCCCCCCCCCCCC)C(C)C. The molecule has 1 atom stereocenters. The largest absolute Gasteiger partial charge is 0.356 e. The molecule has 0 aromatic rings. The van der Waals surface area contributed by atoms with Crippen LogP contribution in [0, 0.1) is 5.92 Å². The summed E-state index contributed by atoms with van der Waals surface area (Å²) in [5.74, 6) is 0.808. The minimum absolute atomic E-state index is 0.168. The van der Waals surface area contributed by atoms with Gasteiger partial charge in [0.05, 0.1) is 0 Å². The van der Waals surface area contributed by atoms with Crippen molar-refractivity contribution in [3.05, 3.63) is 36.5 Å². The summed E-state index contributed by atoms with van der Waals surface area (Å²) < 4.78 is 0. The Balaban J connectivity index is 3.67. The number of nitrogens with one attached hydrogen (secondary N) is 2. The average molecular weight is 671 g/mol. The maximum absolute atomic E-state index is 12.6.